The van der Waals surface area contributed by atoms with Crippen LogP contribution < -0.4 is 5.73 Å². The average molecular weight is 970 g/mol. The van der Waals surface area contributed by atoms with E-state index in [2.05, 4.69) is 38.2 Å². The topological polar surface area (TPSA) is 155 Å². The van der Waals surface area contributed by atoms with Gasteiger partial charge >= 0.3 is 19.8 Å². The van der Waals surface area contributed by atoms with Gasteiger partial charge in [0.05, 0.1) is 19.8 Å². The first-order valence-electron chi connectivity index (χ1n) is 28.4. The van der Waals surface area contributed by atoms with Crippen LogP contribution in [-0.4, -0.2) is 60.5 Å². The molecule has 11 heteroatoms. The molecular formula is C56H108NO9P. The van der Waals surface area contributed by atoms with Gasteiger partial charge in [-0.2, -0.15) is 0 Å². The monoisotopic (exact) mass is 970 g/mol. The Morgan fingerprint density at radius 3 is 1.21 bits per heavy atom. The highest BCUT2D eigenvalue weighted by Gasteiger charge is 2.27. The standard InChI is InChI=1S/C56H108NO9P/c1-3-5-7-9-11-13-15-17-19-21-23-25-27-28-30-32-34-36-38-40-42-44-46-48-55(58)66-53(51-64-67(61,62)65-52-54(57)56(59)60)50-63-49-47-45-43-41-39-37-35-33-31-29-26-24-22-20-18-16-14-12-10-8-6-4-2/h16,18,22,24,53-54H,3-15,17,19-21,23,25-52,57H2,1-2H3,(H,59,60)(H,61,62)/b18-16-,24-22-. The second-order valence-corrected chi connectivity index (χ2v) is 20.9. The number of esters is 1. The smallest absolute Gasteiger partial charge is 0.472 e. The molecule has 0 aliphatic carbocycles. The van der Waals surface area contributed by atoms with Crippen molar-refractivity contribution in [2.75, 3.05) is 26.4 Å². The lowest BCUT2D eigenvalue weighted by molar-refractivity contribution is -0.154. The van der Waals surface area contributed by atoms with E-state index in [0.717, 1.165) is 44.9 Å². The first-order chi connectivity index (χ1) is 32.7. The summed E-state index contributed by atoms with van der Waals surface area (Å²) < 4.78 is 33.6. The Hall–Kier alpha value is -1.55. The largest absolute Gasteiger partial charge is 0.480 e. The summed E-state index contributed by atoms with van der Waals surface area (Å²) in [5, 5.41) is 8.95. The van der Waals surface area contributed by atoms with E-state index in [1.165, 1.54) is 218 Å². The van der Waals surface area contributed by atoms with Gasteiger partial charge in [0.2, 0.25) is 0 Å². The summed E-state index contributed by atoms with van der Waals surface area (Å²) in [6.07, 6.45) is 61.0. The Kier molecular flexibility index (Phi) is 51.1. The maximum atomic E-state index is 12.7. The molecule has 0 fully saturated rings. The molecule has 396 valence electrons. The first-order valence-corrected chi connectivity index (χ1v) is 29.9. The number of nitrogens with two attached hydrogens (primary N) is 1. The highest BCUT2D eigenvalue weighted by molar-refractivity contribution is 7.47. The van der Waals surface area contributed by atoms with Crippen molar-refractivity contribution in [2.45, 2.75) is 296 Å². The minimum atomic E-state index is -4.62. The molecule has 0 aliphatic rings. The van der Waals surface area contributed by atoms with Gasteiger partial charge in [0.15, 0.2) is 0 Å². The van der Waals surface area contributed by atoms with Crippen LogP contribution in [0.25, 0.3) is 0 Å². The maximum Gasteiger partial charge on any atom is 0.472 e. The Morgan fingerprint density at radius 2 is 0.821 bits per heavy atom. The van der Waals surface area contributed by atoms with E-state index in [0.29, 0.717) is 6.61 Å². The van der Waals surface area contributed by atoms with Crippen LogP contribution in [0.5, 0.6) is 0 Å². The summed E-state index contributed by atoms with van der Waals surface area (Å²) in [5.74, 6) is -1.76. The van der Waals surface area contributed by atoms with Crippen LogP contribution in [0.3, 0.4) is 0 Å². The molecule has 3 unspecified atom stereocenters. The number of aliphatic carboxylic acids is 1. The Morgan fingerprint density at radius 1 is 0.478 bits per heavy atom. The van der Waals surface area contributed by atoms with Crippen molar-refractivity contribution in [3.8, 4) is 0 Å². The van der Waals surface area contributed by atoms with E-state index in [9.17, 15) is 19.0 Å². The molecular weight excluding hydrogens is 862 g/mol. The number of phosphoric ester groups is 1. The first kappa shape index (κ1) is 65.5. The summed E-state index contributed by atoms with van der Waals surface area (Å²) in [6.45, 7) is 3.93. The molecule has 0 spiro atoms. The third-order valence-electron chi connectivity index (χ3n) is 12.7. The van der Waals surface area contributed by atoms with E-state index >= 15 is 0 Å². The van der Waals surface area contributed by atoms with Crippen LogP contribution in [0.2, 0.25) is 0 Å². The number of ether oxygens (including phenoxy) is 2. The van der Waals surface area contributed by atoms with E-state index in [4.69, 9.17) is 29.4 Å². The van der Waals surface area contributed by atoms with Crippen LogP contribution in [0, 0.1) is 0 Å². The van der Waals surface area contributed by atoms with Crippen molar-refractivity contribution in [3.05, 3.63) is 24.3 Å². The summed E-state index contributed by atoms with van der Waals surface area (Å²) in [7, 11) is -4.62. The average Bonchev–Trinajstić information content (AvgIpc) is 3.31. The zero-order valence-electron chi connectivity index (χ0n) is 43.8. The fraction of sp³-hybridized carbons (Fsp3) is 0.893. The molecule has 0 bridgehead atoms. The predicted molar refractivity (Wildman–Crippen MR) is 282 cm³/mol. The minimum Gasteiger partial charge on any atom is -0.480 e. The van der Waals surface area contributed by atoms with Crippen molar-refractivity contribution < 1.29 is 42.7 Å². The van der Waals surface area contributed by atoms with E-state index in [1.54, 1.807) is 0 Å². The molecule has 0 rings (SSSR count). The van der Waals surface area contributed by atoms with Crippen LogP contribution in [-0.2, 0) is 32.7 Å². The molecule has 0 aromatic heterocycles. The number of allylic oxidation sites excluding steroid dienone is 4. The van der Waals surface area contributed by atoms with Gasteiger partial charge in [0, 0.05) is 13.0 Å². The molecule has 67 heavy (non-hydrogen) atoms. The molecule has 0 aromatic carbocycles. The summed E-state index contributed by atoms with van der Waals surface area (Å²) in [6, 6.07) is -1.47. The molecule has 0 saturated heterocycles. The van der Waals surface area contributed by atoms with Gasteiger partial charge in [-0.3, -0.25) is 18.6 Å². The number of phosphoric acid groups is 1. The molecule has 0 heterocycles. The number of hydrogen-bond donors (Lipinski definition) is 3. The number of carboxylic acid groups (broad SMARTS) is 1. The molecule has 0 aliphatic heterocycles. The van der Waals surface area contributed by atoms with Gasteiger partial charge in [-0.1, -0.05) is 256 Å². The molecule has 0 saturated carbocycles. The van der Waals surface area contributed by atoms with Crippen molar-refractivity contribution in [1.29, 1.82) is 0 Å². The lowest BCUT2D eigenvalue weighted by Gasteiger charge is -2.20. The van der Waals surface area contributed by atoms with Crippen molar-refractivity contribution >= 4 is 19.8 Å². The highest BCUT2D eigenvalue weighted by Crippen LogP contribution is 2.43. The van der Waals surface area contributed by atoms with Gasteiger partial charge in [-0.15, -0.1) is 0 Å². The highest BCUT2D eigenvalue weighted by atomic mass is 31.2. The van der Waals surface area contributed by atoms with Crippen LogP contribution in [0.4, 0.5) is 0 Å². The minimum absolute atomic E-state index is 0.0197. The van der Waals surface area contributed by atoms with Crippen molar-refractivity contribution in [3.63, 3.8) is 0 Å². The Labute approximate surface area is 413 Å². The van der Waals surface area contributed by atoms with Gasteiger partial charge in [-0.25, -0.2) is 4.57 Å². The third kappa shape index (κ3) is 52.1. The lowest BCUT2D eigenvalue weighted by Crippen LogP contribution is -2.34. The molecule has 4 N–H and O–H groups in total. The summed E-state index contributed by atoms with van der Waals surface area (Å²) in [4.78, 5) is 33.8. The Balaban J connectivity index is 4.05. The molecule has 0 radical (unpaired) electrons. The number of hydrogen-bond acceptors (Lipinski definition) is 8. The fourth-order valence-corrected chi connectivity index (χ4v) is 9.12. The number of carboxylic acids is 1. The molecule has 0 aromatic rings. The van der Waals surface area contributed by atoms with E-state index in [-0.39, 0.29) is 13.0 Å². The quantitative estimate of drug-likeness (QED) is 0.0232. The lowest BCUT2D eigenvalue weighted by atomic mass is 10.0. The second-order valence-electron chi connectivity index (χ2n) is 19.4. The number of rotatable bonds is 55. The van der Waals surface area contributed by atoms with Crippen LogP contribution in [0.15, 0.2) is 24.3 Å². The van der Waals surface area contributed by atoms with Crippen LogP contribution in [0.1, 0.15) is 284 Å². The number of carbonyl (C=O) groups is 2. The summed E-state index contributed by atoms with van der Waals surface area (Å²) in [5.41, 5.74) is 5.39. The fourth-order valence-electron chi connectivity index (χ4n) is 8.34. The van der Waals surface area contributed by atoms with E-state index in [1.807, 2.05) is 0 Å². The zero-order chi connectivity index (χ0) is 49.0. The number of unbranched alkanes of at least 4 members (excludes halogenated alkanes) is 37. The normalized spacial score (nSPS) is 13.7. The van der Waals surface area contributed by atoms with Crippen LogP contribution >= 0.6 is 7.82 Å². The van der Waals surface area contributed by atoms with Gasteiger partial charge < -0.3 is 25.2 Å². The third-order valence-corrected chi connectivity index (χ3v) is 13.7. The van der Waals surface area contributed by atoms with Gasteiger partial charge in [0.1, 0.15) is 12.1 Å². The SMILES string of the molecule is CCCCCCC/C=C\C/C=C\CCCCCCCCCCCCOCC(COP(=O)(O)OCC(N)C(=O)O)OC(=O)CCCCCCCCCCCCCCCCCCCCCCCCC. The molecule has 0 amide bonds. The van der Waals surface area contributed by atoms with Gasteiger partial charge in [-0.05, 0) is 44.9 Å². The number of carbonyl (C=O) groups excluding carboxylic acids is 1. The van der Waals surface area contributed by atoms with E-state index < -0.39 is 45.1 Å². The molecule has 10 nitrogen and oxygen atoms in total. The van der Waals surface area contributed by atoms with Crippen molar-refractivity contribution in [1.82, 2.24) is 0 Å². The predicted octanol–water partition coefficient (Wildman–Crippen LogP) is 17.0. The zero-order valence-corrected chi connectivity index (χ0v) is 44.7. The second kappa shape index (κ2) is 52.3. The summed E-state index contributed by atoms with van der Waals surface area (Å²) >= 11 is 0. The molecule has 3 atom stereocenters. The van der Waals surface area contributed by atoms with Gasteiger partial charge in [0.25, 0.3) is 0 Å². The maximum absolute atomic E-state index is 12.7. The van der Waals surface area contributed by atoms with Crippen molar-refractivity contribution in [2.24, 2.45) is 5.73 Å². The Bertz CT molecular complexity index is 1170.